The highest BCUT2D eigenvalue weighted by atomic mass is 16.5. The van der Waals surface area contributed by atoms with E-state index >= 15 is 0 Å². The van der Waals surface area contributed by atoms with Crippen molar-refractivity contribution >= 4 is 5.91 Å². The van der Waals surface area contributed by atoms with Crippen molar-refractivity contribution in [3.63, 3.8) is 0 Å². The van der Waals surface area contributed by atoms with Crippen molar-refractivity contribution in [3.05, 3.63) is 35.9 Å². The lowest BCUT2D eigenvalue weighted by molar-refractivity contribution is -0.163. The fraction of sp³-hybridized carbons (Fsp3) is 0.650. The molecular formula is C20H28N2O3. The normalized spacial score (nSPS) is 37.7. The summed E-state index contributed by atoms with van der Waals surface area (Å²) in [6, 6.07) is 10.1. The zero-order valence-electron chi connectivity index (χ0n) is 15.2. The van der Waals surface area contributed by atoms with Gasteiger partial charge in [0.05, 0.1) is 18.9 Å². The predicted molar refractivity (Wildman–Crippen MR) is 94.7 cm³/mol. The molecule has 1 amide bonds. The van der Waals surface area contributed by atoms with E-state index in [0.717, 1.165) is 31.2 Å². The van der Waals surface area contributed by atoms with Crippen LogP contribution in [-0.4, -0.2) is 42.3 Å². The van der Waals surface area contributed by atoms with E-state index in [1.54, 1.807) is 7.11 Å². The minimum absolute atomic E-state index is 0.189. The molecule has 2 heterocycles. The van der Waals surface area contributed by atoms with Crippen molar-refractivity contribution in [3.8, 4) is 0 Å². The van der Waals surface area contributed by atoms with Crippen molar-refractivity contribution in [2.75, 3.05) is 20.4 Å². The summed E-state index contributed by atoms with van der Waals surface area (Å²) in [5, 5.41) is 3.47. The molecule has 1 aliphatic carbocycles. The largest absolute Gasteiger partial charge is 0.370 e. The van der Waals surface area contributed by atoms with Crippen LogP contribution in [0.2, 0.25) is 0 Å². The molecule has 4 rings (SSSR count). The van der Waals surface area contributed by atoms with Crippen molar-refractivity contribution < 1.29 is 14.3 Å². The number of benzene rings is 1. The highest BCUT2D eigenvalue weighted by Gasteiger charge is 2.62. The lowest BCUT2D eigenvalue weighted by Crippen LogP contribution is -2.71. The van der Waals surface area contributed by atoms with E-state index in [4.69, 9.17) is 9.47 Å². The van der Waals surface area contributed by atoms with E-state index in [-0.39, 0.29) is 17.7 Å². The summed E-state index contributed by atoms with van der Waals surface area (Å²) in [4.78, 5) is 15.8. The molecule has 136 valence electrons. The van der Waals surface area contributed by atoms with Gasteiger partial charge < -0.3 is 14.4 Å². The van der Waals surface area contributed by atoms with Gasteiger partial charge in [0.25, 0.3) is 0 Å². The maximum Gasteiger partial charge on any atom is 0.246 e. The van der Waals surface area contributed by atoms with Crippen LogP contribution in [-0.2, 0) is 14.3 Å². The lowest BCUT2D eigenvalue weighted by atomic mass is 9.64. The molecule has 1 aromatic carbocycles. The number of nitrogens with one attached hydrogen (secondary N) is 1. The number of fused-ring (bicyclic) bond motifs is 2. The fourth-order valence-corrected chi connectivity index (χ4v) is 5.12. The first-order valence-corrected chi connectivity index (χ1v) is 9.35. The Balaban J connectivity index is 1.71. The summed E-state index contributed by atoms with van der Waals surface area (Å²) in [5.74, 6) is 0.539. The zero-order valence-corrected chi connectivity index (χ0v) is 15.2. The summed E-state index contributed by atoms with van der Waals surface area (Å²) in [6.45, 7) is 3.20. The molecule has 25 heavy (non-hydrogen) atoms. The van der Waals surface area contributed by atoms with Crippen LogP contribution in [0.3, 0.4) is 0 Å². The Morgan fingerprint density at radius 2 is 2.12 bits per heavy atom. The van der Waals surface area contributed by atoms with Gasteiger partial charge in [0.2, 0.25) is 5.91 Å². The van der Waals surface area contributed by atoms with Crippen molar-refractivity contribution in [1.29, 1.82) is 0 Å². The minimum atomic E-state index is -0.505. The predicted octanol–water partition coefficient (Wildman–Crippen LogP) is 2.83. The second-order valence-corrected chi connectivity index (χ2v) is 7.97. The first-order chi connectivity index (χ1) is 12.1. The van der Waals surface area contributed by atoms with Crippen LogP contribution in [0.4, 0.5) is 0 Å². The topological polar surface area (TPSA) is 50.8 Å². The van der Waals surface area contributed by atoms with Crippen LogP contribution in [0.15, 0.2) is 30.3 Å². The van der Waals surface area contributed by atoms with Gasteiger partial charge in [0.1, 0.15) is 5.54 Å². The number of hydrogen-bond acceptors (Lipinski definition) is 4. The number of rotatable bonds is 4. The molecule has 1 N–H and O–H groups in total. The Morgan fingerprint density at radius 1 is 1.32 bits per heavy atom. The molecule has 2 aliphatic heterocycles. The third-order valence-corrected chi connectivity index (χ3v) is 6.34. The summed E-state index contributed by atoms with van der Waals surface area (Å²) in [7, 11) is 1.67. The summed E-state index contributed by atoms with van der Waals surface area (Å²) < 4.78 is 11.4. The Morgan fingerprint density at radius 3 is 2.88 bits per heavy atom. The Kier molecular flexibility index (Phi) is 4.34. The zero-order chi connectivity index (χ0) is 17.5. The number of ether oxygens (including phenoxy) is 2. The van der Waals surface area contributed by atoms with Crippen LogP contribution >= 0.6 is 0 Å². The molecule has 5 nitrogen and oxygen atoms in total. The second kappa shape index (κ2) is 6.38. The molecule has 0 aromatic heterocycles. The summed E-state index contributed by atoms with van der Waals surface area (Å²) >= 11 is 0. The van der Waals surface area contributed by atoms with Crippen LogP contribution in [0.5, 0.6) is 0 Å². The Bertz CT molecular complexity index is 637. The molecule has 1 aromatic rings. The highest BCUT2D eigenvalue weighted by molar-refractivity contribution is 5.89. The summed E-state index contributed by atoms with van der Waals surface area (Å²) in [5.41, 5.74) is 0.322. The van der Waals surface area contributed by atoms with E-state index in [9.17, 15) is 4.79 Å². The van der Waals surface area contributed by atoms with Crippen molar-refractivity contribution in [1.82, 2.24) is 10.2 Å². The molecule has 0 bridgehead atoms. The Labute approximate surface area is 149 Å². The quantitative estimate of drug-likeness (QED) is 0.854. The van der Waals surface area contributed by atoms with Crippen LogP contribution in [0, 0.1) is 5.92 Å². The highest BCUT2D eigenvalue weighted by Crippen LogP contribution is 2.52. The van der Waals surface area contributed by atoms with Crippen LogP contribution in [0.1, 0.15) is 50.8 Å². The van der Waals surface area contributed by atoms with E-state index in [1.165, 1.54) is 6.42 Å². The number of carbonyl (C=O) groups is 1. The van der Waals surface area contributed by atoms with Gasteiger partial charge in [-0.3, -0.25) is 10.1 Å². The van der Waals surface area contributed by atoms with Gasteiger partial charge in [0.15, 0.2) is 6.23 Å². The van der Waals surface area contributed by atoms with Gasteiger partial charge in [-0.1, -0.05) is 43.2 Å². The molecule has 4 atom stereocenters. The Hall–Kier alpha value is -1.43. The van der Waals surface area contributed by atoms with Gasteiger partial charge in [-0.2, -0.15) is 0 Å². The number of carbonyl (C=O) groups excluding carboxylic acids is 1. The lowest BCUT2D eigenvalue weighted by Gasteiger charge is -2.55. The average Bonchev–Trinajstić information content (AvgIpc) is 2.99. The van der Waals surface area contributed by atoms with E-state index in [1.807, 2.05) is 35.2 Å². The number of hydrogen-bond donors (Lipinski definition) is 1. The van der Waals surface area contributed by atoms with Gasteiger partial charge in [-0.25, -0.2) is 0 Å². The molecule has 2 saturated heterocycles. The smallest absolute Gasteiger partial charge is 0.246 e. The number of piperidine rings is 1. The summed E-state index contributed by atoms with van der Waals surface area (Å²) in [6.07, 6.45) is 4.96. The minimum Gasteiger partial charge on any atom is -0.370 e. The van der Waals surface area contributed by atoms with E-state index < -0.39 is 5.54 Å². The van der Waals surface area contributed by atoms with Crippen molar-refractivity contribution in [2.24, 2.45) is 5.92 Å². The number of methoxy groups -OCH3 is 1. The van der Waals surface area contributed by atoms with E-state index in [2.05, 4.69) is 12.2 Å². The van der Waals surface area contributed by atoms with Crippen LogP contribution in [0.25, 0.3) is 0 Å². The molecule has 3 aliphatic rings. The third-order valence-electron chi connectivity index (χ3n) is 6.34. The SMILES string of the molecule is COCNC12CCCC[C@@H]1CC1(C)CO[C@H](c3ccccc3)N1C2=O. The first-order valence-electron chi connectivity index (χ1n) is 9.35. The van der Waals surface area contributed by atoms with Gasteiger partial charge in [0, 0.05) is 12.7 Å². The maximum atomic E-state index is 13.8. The molecule has 0 spiro atoms. The molecule has 2 unspecified atom stereocenters. The average molecular weight is 344 g/mol. The van der Waals surface area contributed by atoms with Gasteiger partial charge in [-0.15, -0.1) is 0 Å². The van der Waals surface area contributed by atoms with Gasteiger partial charge >= 0.3 is 0 Å². The number of amides is 1. The first kappa shape index (κ1) is 17.0. The van der Waals surface area contributed by atoms with Crippen LogP contribution < -0.4 is 5.32 Å². The fourth-order valence-electron chi connectivity index (χ4n) is 5.12. The molecule has 0 radical (unpaired) electrons. The monoisotopic (exact) mass is 344 g/mol. The maximum absolute atomic E-state index is 13.8. The van der Waals surface area contributed by atoms with Gasteiger partial charge in [-0.05, 0) is 32.1 Å². The third kappa shape index (κ3) is 2.60. The van der Waals surface area contributed by atoms with E-state index in [0.29, 0.717) is 19.3 Å². The van der Waals surface area contributed by atoms with Crippen molar-refractivity contribution in [2.45, 2.75) is 56.3 Å². The molecule has 5 heteroatoms. The molecular weight excluding hydrogens is 316 g/mol. The molecule has 1 saturated carbocycles. The molecule has 3 fully saturated rings. The number of nitrogens with zero attached hydrogens (tertiary/aromatic N) is 1. The second-order valence-electron chi connectivity index (χ2n) is 7.97. The standard InChI is InChI=1S/C20H28N2O3/c1-19-12-16-10-6-7-11-20(16,21-14-24-2)18(23)22(19)17(25-13-19)15-8-4-3-5-9-15/h3-5,8-9,16-17,21H,6-7,10-14H2,1-2H3/t16-,17-,19?,20?/m1/s1.